The molecule has 2 aromatic rings. The molecule has 1 aliphatic rings. The Morgan fingerprint density at radius 3 is 3.12 bits per heavy atom. The summed E-state index contributed by atoms with van der Waals surface area (Å²) >= 11 is 0. The van der Waals surface area contributed by atoms with Gasteiger partial charge in [0.15, 0.2) is 0 Å². The number of H-pyrrole nitrogens is 1. The average molecular weight is 228 g/mol. The van der Waals surface area contributed by atoms with Crippen LogP contribution in [-0.2, 0) is 13.0 Å². The van der Waals surface area contributed by atoms with Crippen LogP contribution in [0.3, 0.4) is 0 Å². The highest BCUT2D eigenvalue weighted by Gasteiger charge is 2.22. The van der Waals surface area contributed by atoms with E-state index in [-0.39, 0.29) is 11.7 Å². The van der Waals surface area contributed by atoms with Gasteiger partial charge in [-0.25, -0.2) is 4.79 Å². The van der Waals surface area contributed by atoms with Gasteiger partial charge in [-0.05, 0) is 31.2 Å². The van der Waals surface area contributed by atoms with Crippen molar-refractivity contribution < 1.29 is 0 Å². The molecule has 0 saturated heterocycles. The molecular weight excluding hydrogens is 216 g/mol. The van der Waals surface area contributed by atoms with Gasteiger partial charge in [-0.3, -0.25) is 4.57 Å². The molecule has 0 bridgehead atoms. The van der Waals surface area contributed by atoms with Crippen molar-refractivity contribution in [3.63, 3.8) is 0 Å². The summed E-state index contributed by atoms with van der Waals surface area (Å²) in [5.74, 6) is 0. The number of likely N-dealkylation sites (N-methyl/N-ethyl adjacent to an activating group) is 1. The lowest BCUT2D eigenvalue weighted by atomic mass is 9.98. The predicted octanol–water partition coefficient (Wildman–Crippen LogP) is 0.345. The lowest BCUT2D eigenvalue weighted by Gasteiger charge is -2.23. The molecule has 1 aromatic heterocycles. The fourth-order valence-electron chi connectivity index (χ4n) is 2.53. The van der Waals surface area contributed by atoms with Crippen LogP contribution < -0.4 is 11.0 Å². The molecule has 5 heteroatoms. The molecule has 0 saturated carbocycles. The molecule has 0 spiro atoms. The van der Waals surface area contributed by atoms with Crippen molar-refractivity contribution >= 4 is 11.0 Å². The number of aromatic nitrogens is 2. The van der Waals surface area contributed by atoms with Crippen molar-refractivity contribution in [2.75, 3.05) is 7.05 Å². The Morgan fingerprint density at radius 2 is 2.41 bits per heavy atom. The minimum absolute atomic E-state index is 0.101. The van der Waals surface area contributed by atoms with Crippen molar-refractivity contribution in [2.24, 2.45) is 0 Å². The molecule has 0 fully saturated rings. The van der Waals surface area contributed by atoms with Gasteiger partial charge in [0, 0.05) is 12.6 Å². The van der Waals surface area contributed by atoms with E-state index in [2.05, 4.69) is 16.4 Å². The second-order valence-electron chi connectivity index (χ2n) is 4.37. The molecule has 1 aliphatic heterocycles. The van der Waals surface area contributed by atoms with Crippen LogP contribution in [0.2, 0.25) is 0 Å². The number of hydrogen-bond acceptors (Lipinski definition) is 3. The fraction of sp³-hybridized carbons (Fsp3) is 0.333. The smallest absolute Gasteiger partial charge is 0.315 e. The van der Waals surface area contributed by atoms with Gasteiger partial charge in [0.05, 0.1) is 22.7 Å². The Balaban J connectivity index is 2.34. The summed E-state index contributed by atoms with van der Waals surface area (Å²) < 4.78 is 1.75. The highest BCUT2D eigenvalue weighted by atomic mass is 16.1. The first-order valence-corrected chi connectivity index (χ1v) is 5.55. The van der Waals surface area contributed by atoms with Crippen molar-refractivity contribution in [1.82, 2.24) is 14.9 Å². The van der Waals surface area contributed by atoms with Crippen LogP contribution in [0.15, 0.2) is 16.9 Å². The Labute approximate surface area is 97.7 Å². The predicted molar refractivity (Wildman–Crippen MR) is 63.8 cm³/mol. The van der Waals surface area contributed by atoms with Gasteiger partial charge in [-0.1, -0.05) is 0 Å². The Kier molecular flexibility index (Phi) is 2.06. The maximum atomic E-state index is 11.8. The Hall–Kier alpha value is -2.06. The monoisotopic (exact) mass is 228 g/mol. The maximum absolute atomic E-state index is 11.8. The topological polar surface area (TPSA) is 73.6 Å². The first kappa shape index (κ1) is 10.1. The zero-order valence-corrected chi connectivity index (χ0v) is 9.45. The molecule has 0 aliphatic carbocycles. The molecule has 86 valence electrons. The summed E-state index contributed by atoms with van der Waals surface area (Å²) in [6, 6.07) is 5.97. The number of aromatic amines is 1. The van der Waals surface area contributed by atoms with Gasteiger partial charge >= 0.3 is 5.69 Å². The minimum Gasteiger partial charge on any atom is -0.315 e. The summed E-state index contributed by atoms with van der Waals surface area (Å²) in [5, 5.41) is 12.2. The molecule has 0 amide bonds. The molecule has 5 nitrogen and oxygen atoms in total. The second kappa shape index (κ2) is 3.47. The lowest BCUT2D eigenvalue weighted by Crippen LogP contribution is -2.38. The lowest BCUT2D eigenvalue weighted by molar-refractivity contribution is 0.463. The average Bonchev–Trinajstić information content (AvgIpc) is 2.66. The third-order valence-corrected chi connectivity index (χ3v) is 3.35. The highest BCUT2D eigenvalue weighted by molar-refractivity contribution is 5.81. The van der Waals surface area contributed by atoms with Crippen molar-refractivity contribution in [3.05, 3.63) is 33.7 Å². The highest BCUT2D eigenvalue weighted by Crippen LogP contribution is 2.24. The number of rotatable bonds is 1. The molecule has 3 rings (SSSR count). The van der Waals surface area contributed by atoms with Crippen LogP contribution >= 0.6 is 0 Å². The molecule has 2 N–H and O–H groups in total. The van der Waals surface area contributed by atoms with E-state index in [4.69, 9.17) is 5.26 Å². The largest absolute Gasteiger partial charge is 0.326 e. The quantitative estimate of drug-likeness (QED) is 0.739. The second-order valence-corrected chi connectivity index (χ2v) is 4.37. The number of imidazole rings is 1. The standard InChI is InChI=1S/C12H12N4O/c1-14-9-4-8-2-7(5-13)3-10-11(8)16(6-9)12(17)15-10/h2-3,9,14H,4,6H2,1H3,(H,15,17)/t9-/m1/s1. The third-order valence-electron chi connectivity index (χ3n) is 3.35. The van der Waals surface area contributed by atoms with E-state index in [0.29, 0.717) is 12.1 Å². The number of nitrogens with zero attached hydrogens (tertiary/aromatic N) is 2. The molecule has 2 heterocycles. The Bertz CT molecular complexity index is 689. The van der Waals surface area contributed by atoms with Crippen LogP contribution in [0.4, 0.5) is 0 Å². The molecule has 0 radical (unpaired) electrons. The third kappa shape index (κ3) is 1.38. The molecule has 0 unspecified atom stereocenters. The van der Waals surface area contributed by atoms with E-state index >= 15 is 0 Å². The van der Waals surface area contributed by atoms with E-state index in [1.807, 2.05) is 13.1 Å². The van der Waals surface area contributed by atoms with Gasteiger partial charge in [-0.15, -0.1) is 0 Å². The zero-order valence-electron chi connectivity index (χ0n) is 9.45. The Morgan fingerprint density at radius 1 is 1.59 bits per heavy atom. The number of nitrogens with one attached hydrogen (secondary N) is 2. The fourth-order valence-corrected chi connectivity index (χ4v) is 2.53. The van der Waals surface area contributed by atoms with Gasteiger partial charge in [0.1, 0.15) is 0 Å². The van der Waals surface area contributed by atoms with Gasteiger partial charge in [0.25, 0.3) is 0 Å². The van der Waals surface area contributed by atoms with E-state index in [1.165, 1.54) is 0 Å². The first-order valence-electron chi connectivity index (χ1n) is 5.55. The molecule has 17 heavy (non-hydrogen) atoms. The van der Waals surface area contributed by atoms with Crippen LogP contribution in [0.5, 0.6) is 0 Å². The number of nitriles is 1. The summed E-state index contributed by atoms with van der Waals surface area (Å²) in [4.78, 5) is 14.6. The van der Waals surface area contributed by atoms with Gasteiger partial charge in [0.2, 0.25) is 0 Å². The summed E-state index contributed by atoms with van der Waals surface area (Å²) in [6.07, 6.45) is 0.847. The van der Waals surface area contributed by atoms with E-state index in [0.717, 1.165) is 23.0 Å². The van der Waals surface area contributed by atoms with Crippen molar-refractivity contribution in [2.45, 2.75) is 19.0 Å². The number of hydrogen-bond donors (Lipinski definition) is 2. The van der Waals surface area contributed by atoms with E-state index in [9.17, 15) is 4.79 Å². The zero-order chi connectivity index (χ0) is 12.0. The summed E-state index contributed by atoms with van der Waals surface area (Å²) in [6.45, 7) is 0.675. The summed E-state index contributed by atoms with van der Waals surface area (Å²) in [5.41, 5.74) is 3.26. The molecular formula is C12H12N4O. The SMILES string of the molecule is CN[C@@H]1Cc2cc(C#N)cc3[nH]c(=O)n(c23)C1. The summed E-state index contributed by atoms with van der Waals surface area (Å²) in [7, 11) is 1.89. The van der Waals surface area contributed by atoms with Crippen LogP contribution in [0, 0.1) is 11.3 Å². The first-order chi connectivity index (χ1) is 8.22. The molecule has 1 aromatic carbocycles. The van der Waals surface area contributed by atoms with E-state index < -0.39 is 0 Å². The van der Waals surface area contributed by atoms with Crippen LogP contribution in [-0.4, -0.2) is 22.6 Å². The van der Waals surface area contributed by atoms with E-state index in [1.54, 1.807) is 10.6 Å². The normalized spacial score (nSPS) is 18.2. The van der Waals surface area contributed by atoms with Crippen molar-refractivity contribution in [1.29, 1.82) is 5.26 Å². The molecule has 1 atom stereocenters. The van der Waals surface area contributed by atoms with Crippen LogP contribution in [0.1, 0.15) is 11.1 Å². The van der Waals surface area contributed by atoms with Gasteiger partial charge < -0.3 is 10.3 Å². The van der Waals surface area contributed by atoms with Gasteiger partial charge in [-0.2, -0.15) is 5.26 Å². The maximum Gasteiger partial charge on any atom is 0.326 e. The van der Waals surface area contributed by atoms with Crippen LogP contribution in [0.25, 0.3) is 11.0 Å². The number of benzene rings is 1. The van der Waals surface area contributed by atoms with Crippen molar-refractivity contribution in [3.8, 4) is 6.07 Å². The minimum atomic E-state index is -0.101.